The van der Waals surface area contributed by atoms with Crippen molar-refractivity contribution in [2.24, 2.45) is 0 Å². The van der Waals surface area contributed by atoms with Crippen LogP contribution in [0.3, 0.4) is 0 Å². The summed E-state index contributed by atoms with van der Waals surface area (Å²) in [5, 5.41) is 0.242. The third-order valence-corrected chi connectivity index (χ3v) is 1.88. The average Bonchev–Trinajstić information content (AvgIpc) is 1.94. The molecule has 1 aromatic rings. The fourth-order valence-corrected chi connectivity index (χ4v) is 1.31. The number of hydrogen-bond acceptors (Lipinski definition) is 2. The molecule has 4 heteroatoms. The van der Waals surface area contributed by atoms with Gasteiger partial charge in [-0.1, -0.05) is 6.58 Å². The van der Waals surface area contributed by atoms with Gasteiger partial charge in [-0.05, 0) is 40.0 Å². The smallest absolute Gasteiger partial charge is 0.222 e. The highest BCUT2D eigenvalue weighted by Crippen LogP contribution is 2.20. The molecule has 2 nitrogen and oxygen atoms in total. The molecule has 0 saturated heterocycles. The Labute approximate surface area is 78.4 Å². The topological polar surface area (TPSA) is 25.8 Å². The molecule has 0 fully saturated rings. The van der Waals surface area contributed by atoms with Crippen LogP contribution >= 0.6 is 27.5 Å². The fraction of sp³-hybridized carbons (Fsp3) is 0.143. The highest BCUT2D eigenvalue weighted by Gasteiger charge is 2.02. The molecule has 11 heavy (non-hydrogen) atoms. The predicted octanol–water partition coefficient (Wildman–Crippen LogP) is 2.93. The standard InChI is InChI=1S/C7H6BrClN2/c1-4(2)6-5(8)3-10-7(9)11-6/h3H,1H2,2H3. The Kier molecular flexibility index (Phi) is 2.62. The summed E-state index contributed by atoms with van der Waals surface area (Å²) in [6, 6.07) is 0. The lowest BCUT2D eigenvalue weighted by atomic mass is 10.2. The summed E-state index contributed by atoms with van der Waals surface area (Å²) in [4.78, 5) is 7.77. The summed E-state index contributed by atoms with van der Waals surface area (Å²) < 4.78 is 0.814. The molecule has 58 valence electrons. The maximum absolute atomic E-state index is 5.58. The van der Waals surface area contributed by atoms with E-state index in [1.807, 2.05) is 6.92 Å². The van der Waals surface area contributed by atoms with Gasteiger partial charge in [-0.3, -0.25) is 0 Å². The van der Waals surface area contributed by atoms with Crippen LogP contribution in [-0.2, 0) is 0 Å². The zero-order valence-electron chi connectivity index (χ0n) is 5.93. The molecule has 0 aliphatic heterocycles. The number of aromatic nitrogens is 2. The van der Waals surface area contributed by atoms with E-state index >= 15 is 0 Å². The van der Waals surface area contributed by atoms with Crippen LogP contribution in [0.1, 0.15) is 12.6 Å². The van der Waals surface area contributed by atoms with Gasteiger partial charge in [0.2, 0.25) is 5.28 Å². The largest absolute Gasteiger partial charge is 0.225 e. The summed E-state index contributed by atoms with van der Waals surface area (Å²) in [6.07, 6.45) is 1.61. The first kappa shape index (κ1) is 8.68. The van der Waals surface area contributed by atoms with Crippen molar-refractivity contribution in [3.05, 3.63) is 28.2 Å². The van der Waals surface area contributed by atoms with Crippen LogP contribution in [0.4, 0.5) is 0 Å². The van der Waals surface area contributed by atoms with Crippen LogP contribution in [0, 0.1) is 0 Å². The number of allylic oxidation sites excluding steroid dienone is 1. The van der Waals surface area contributed by atoms with Crippen molar-refractivity contribution in [3.63, 3.8) is 0 Å². The summed E-state index contributed by atoms with van der Waals surface area (Å²) in [5.74, 6) is 0. The van der Waals surface area contributed by atoms with Crippen molar-refractivity contribution in [1.29, 1.82) is 0 Å². The quantitative estimate of drug-likeness (QED) is 0.697. The molecule has 0 atom stereocenters. The Hall–Kier alpha value is -0.410. The minimum atomic E-state index is 0.242. The van der Waals surface area contributed by atoms with E-state index in [4.69, 9.17) is 11.6 Å². The van der Waals surface area contributed by atoms with Gasteiger partial charge >= 0.3 is 0 Å². The summed E-state index contributed by atoms with van der Waals surface area (Å²) in [7, 11) is 0. The fourth-order valence-electron chi connectivity index (χ4n) is 0.645. The van der Waals surface area contributed by atoms with Crippen molar-refractivity contribution in [3.8, 4) is 0 Å². The first-order valence-corrected chi connectivity index (χ1v) is 4.12. The van der Waals surface area contributed by atoms with Crippen LogP contribution in [0.25, 0.3) is 5.57 Å². The Bertz CT molecular complexity index is 298. The lowest BCUT2D eigenvalue weighted by Crippen LogP contribution is -1.90. The van der Waals surface area contributed by atoms with Gasteiger partial charge in [-0.25, -0.2) is 9.97 Å². The lowest BCUT2D eigenvalue weighted by molar-refractivity contribution is 1.12. The molecule has 0 bridgehead atoms. The third kappa shape index (κ3) is 2.01. The van der Waals surface area contributed by atoms with Gasteiger partial charge in [0.1, 0.15) is 0 Å². The number of rotatable bonds is 1. The molecule has 0 N–H and O–H groups in total. The average molecular weight is 233 g/mol. The van der Waals surface area contributed by atoms with Crippen LogP contribution in [-0.4, -0.2) is 9.97 Å². The maximum Gasteiger partial charge on any atom is 0.222 e. The molecule has 0 aliphatic rings. The first-order chi connectivity index (χ1) is 5.11. The van der Waals surface area contributed by atoms with E-state index in [1.54, 1.807) is 6.20 Å². The van der Waals surface area contributed by atoms with E-state index in [9.17, 15) is 0 Å². The number of nitrogens with zero attached hydrogens (tertiary/aromatic N) is 2. The zero-order chi connectivity index (χ0) is 8.43. The van der Waals surface area contributed by atoms with E-state index in [0.717, 1.165) is 15.7 Å². The van der Waals surface area contributed by atoms with Gasteiger partial charge in [0.05, 0.1) is 10.2 Å². The second-order valence-corrected chi connectivity index (χ2v) is 3.31. The van der Waals surface area contributed by atoms with Gasteiger partial charge in [-0.15, -0.1) is 0 Å². The van der Waals surface area contributed by atoms with Crippen LogP contribution in [0.5, 0.6) is 0 Å². The Morgan fingerprint density at radius 1 is 1.73 bits per heavy atom. The molecule has 0 radical (unpaired) electrons. The summed E-state index contributed by atoms with van der Waals surface area (Å²) >= 11 is 8.86. The van der Waals surface area contributed by atoms with Crippen LogP contribution in [0.2, 0.25) is 5.28 Å². The monoisotopic (exact) mass is 232 g/mol. The van der Waals surface area contributed by atoms with Crippen LogP contribution in [0.15, 0.2) is 17.2 Å². The summed E-state index contributed by atoms with van der Waals surface area (Å²) in [5.41, 5.74) is 1.62. The third-order valence-electron chi connectivity index (χ3n) is 1.12. The molecule has 1 rings (SSSR count). The highest BCUT2D eigenvalue weighted by molar-refractivity contribution is 9.10. The van der Waals surface area contributed by atoms with Gasteiger partial charge in [0.15, 0.2) is 0 Å². The van der Waals surface area contributed by atoms with Gasteiger partial charge in [-0.2, -0.15) is 0 Å². The minimum absolute atomic E-state index is 0.242. The van der Waals surface area contributed by atoms with E-state index in [1.165, 1.54) is 0 Å². The van der Waals surface area contributed by atoms with E-state index in [2.05, 4.69) is 32.5 Å². The Morgan fingerprint density at radius 3 is 2.82 bits per heavy atom. The molecule has 0 aliphatic carbocycles. The predicted molar refractivity (Wildman–Crippen MR) is 49.5 cm³/mol. The van der Waals surface area contributed by atoms with Crippen molar-refractivity contribution in [2.45, 2.75) is 6.92 Å². The van der Waals surface area contributed by atoms with Gasteiger partial charge < -0.3 is 0 Å². The second kappa shape index (κ2) is 3.32. The zero-order valence-corrected chi connectivity index (χ0v) is 8.28. The van der Waals surface area contributed by atoms with Crippen molar-refractivity contribution < 1.29 is 0 Å². The molecular weight excluding hydrogens is 227 g/mol. The number of hydrogen-bond donors (Lipinski definition) is 0. The highest BCUT2D eigenvalue weighted by atomic mass is 79.9. The second-order valence-electron chi connectivity index (χ2n) is 2.12. The van der Waals surface area contributed by atoms with Gasteiger partial charge in [0.25, 0.3) is 0 Å². The van der Waals surface area contributed by atoms with Crippen molar-refractivity contribution in [2.75, 3.05) is 0 Å². The minimum Gasteiger partial charge on any atom is -0.225 e. The van der Waals surface area contributed by atoms with E-state index in [0.29, 0.717) is 0 Å². The molecule has 0 amide bonds. The Morgan fingerprint density at radius 2 is 2.36 bits per heavy atom. The molecule has 0 aromatic carbocycles. The normalized spacial score (nSPS) is 9.73. The van der Waals surface area contributed by atoms with Gasteiger partial charge in [0, 0.05) is 6.20 Å². The Balaban J connectivity index is 3.23. The molecule has 0 unspecified atom stereocenters. The molecule has 0 saturated carbocycles. The van der Waals surface area contributed by atoms with E-state index < -0.39 is 0 Å². The van der Waals surface area contributed by atoms with Crippen molar-refractivity contribution in [1.82, 2.24) is 9.97 Å². The van der Waals surface area contributed by atoms with Crippen molar-refractivity contribution >= 4 is 33.1 Å². The molecule has 0 spiro atoms. The first-order valence-electron chi connectivity index (χ1n) is 2.95. The molecular formula is C7H6BrClN2. The maximum atomic E-state index is 5.58. The van der Waals surface area contributed by atoms with E-state index in [-0.39, 0.29) is 5.28 Å². The SMILES string of the molecule is C=C(C)c1nc(Cl)ncc1Br. The van der Waals surface area contributed by atoms with Crippen LogP contribution < -0.4 is 0 Å². The number of halogens is 2. The molecule has 1 aromatic heterocycles. The molecule has 1 heterocycles. The summed E-state index contributed by atoms with van der Waals surface area (Å²) in [6.45, 7) is 5.61. The lowest BCUT2D eigenvalue weighted by Gasteiger charge is -2.00.